The van der Waals surface area contributed by atoms with Crippen molar-refractivity contribution in [2.75, 3.05) is 0 Å². The third kappa shape index (κ3) is 4.72. The molecule has 1 aromatic rings. The number of phenols is 2. The number of rotatable bonds is 2. The predicted octanol–water partition coefficient (Wildman–Crippen LogP) is -5.27. The van der Waals surface area contributed by atoms with Crippen molar-refractivity contribution < 1.29 is 136 Å². The summed E-state index contributed by atoms with van der Waals surface area (Å²) >= 11 is 0. The van der Waals surface area contributed by atoms with Gasteiger partial charge in [-0.05, 0) is 12.1 Å². The molecule has 0 atom stereocenters. The van der Waals surface area contributed by atoms with Crippen LogP contribution in [0.1, 0.15) is 23.6 Å². The van der Waals surface area contributed by atoms with Gasteiger partial charge in [-0.25, -0.2) is 9.59 Å². The summed E-state index contributed by atoms with van der Waals surface area (Å²) in [6.07, 6.45) is 0. The third-order valence-corrected chi connectivity index (χ3v) is 1.57. The van der Waals surface area contributed by atoms with E-state index in [0.29, 0.717) is 12.1 Å². The van der Waals surface area contributed by atoms with Crippen molar-refractivity contribution in [2.45, 2.75) is 0 Å². The summed E-state index contributed by atoms with van der Waals surface area (Å²) in [5, 5.41) is 35.2. The molecule has 0 saturated carbocycles. The van der Waals surface area contributed by atoms with Gasteiger partial charge < -0.3 is 23.3 Å². The minimum Gasteiger partial charge on any atom is -1.00 e. The van der Waals surface area contributed by atoms with Crippen LogP contribution in [0.3, 0.4) is 0 Å². The molecule has 0 fully saturated rings. The molecule has 0 amide bonds. The first-order valence-corrected chi connectivity index (χ1v) is 3.46. The number of carbonyl (C=O) groups is 2. The summed E-state index contributed by atoms with van der Waals surface area (Å²) in [6, 6.07) is 1.36. The van der Waals surface area contributed by atoms with Gasteiger partial charge in [-0.15, -0.1) is 0 Å². The van der Waals surface area contributed by atoms with Gasteiger partial charge >= 0.3 is 115 Å². The van der Waals surface area contributed by atoms with Gasteiger partial charge in [0, 0.05) is 0 Å². The Hall–Kier alpha value is 1.03. The van der Waals surface area contributed by atoms with Crippen molar-refractivity contribution >= 4 is 11.9 Å². The zero-order valence-corrected chi connectivity index (χ0v) is 15.0. The Morgan fingerprint density at radius 2 is 1.12 bits per heavy atom. The van der Waals surface area contributed by atoms with Crippen molar-refractivity contribution in [3.8, 4) is 11.5 Å². The molecular weight excluding hydrogens is 270 g/mol. The molecular formula is C8H8K2O6. The van der Waals surface area contributed by atoms with Crippen molar-refractivity contribution in [1.82, 2.24) is 0 Å². The van der Waals surface area contributed by atoms with E-state index in [4.69, 9.17) is 20.4 Å². The Balaban J connectivity index is -0.000000245. The second kappa shape index (κ2) is 8.19. The van der Waals surface area contributed by atoms with Crippen LogP contribution in [0.4, 0.5) is 0 Å². The van der Waals surface area contributed by atoms with Crippen LogP contribution >= 0.6 is 0 Å². The molecule has 4 N–H and O–H groups in total. The molecule has 0 aliphatic rings. The Bertz CT molecular complexity index is 387. The molecule has 0 spiro atoms. The number of aromatic hydroxyl groups is 2. The van der Waals surface area contributed by atoms with E-state index in [1.165, 1.54) is 0 Å². The Labute approximate surface area is 178 Å². The number of benzene rings is 1. The quantitative estimate of drug-likeness (QED) is 0.317. The second-order valence-corrected chi connectivity index (χ2v) is 2.50. The average Bonchev–Trinajstić information content (AvgIpc) is 2.07. The van der Waals surface area contributed by atoms with Gasteiger partial charge in [-0.1, -0.05) is 0 Å². The minimum absolute atomic E-state index is 0. The predicted molar refractivity (Wildman–Crippen MR) is 45.9 cm³/mol. The van der Waals surface area contributed by atoms with Gasteiger partial charge in [0.2, 0.25) is 0 Å². The van der Waals surface area contributed by atoms with Gasteiger partial charge in [0.15, 0.2) is 0 Å². The maximum Gasteiger partial charge on any atom is 1.00 e. The summed E-state index contributed by atoms with van der Waals surface area (Å²) < 4.78 is 0. The van der Waals surface area contributed by atoms with Crippen LogP contribution in [0.25, 0.3) is 0 Å². The van der Waals surface area contributed by atoms with E-state index in [0.717, 1.165) is 0 Å². The van der Waals surface area contributed by atoms with E-state index in [-0.39, 0.29) is 106 Å². The van der Waals surface area contributed by atoms with Gasteiger partial charge in [0.25, 0.3) is 0 Å². The number of carboxylic acid groups (broad SMARTS) is 2. The number of hydrogen-bond acceptors (Lipinski definition) is 4. The van der Waals surface area contributed by atoms with E-state index >= 15 is 0 Å². The summed E-state index contributed by atoms with van der Waals surface area (Å²) in [5.74, 6) is -4.30. The van der Waals surface area contributed by atoms with Crippen LogP contribution in [0.15, 0.2) is 12.1 Å². The molecule has 1 aromatic carbocycles. The Morgan fingerprint density at radius 1 is 0.875 bits per heavy atom. The molecule has 8 heteroatoms. The van der Waals surface area contributed by atoms with Crippen molar-refractivity contribution in [3.05, 3.63) is 23.3 Å². The third-order valence-electron chi connectivity index (χ3n) is 1.57. The molecule has 0 aliphatic heterocycles. The molecule has 0 bridgehead atoms. The van der Waals surface area contributed by atoms with E-state index in [1.54, 1.807) is 0 Å². The van der Waals surface area contributed by atoms with E-state index < -0.39 is 34.6 Å². The van der Waals surface area contributed by atoms with Gasteiger partial charge in [0.1, 0.15) is 22.6 Å². The fraction of sp³-hybridized carbons (Fsp3) is 0. The van der Waals surface area contributed by atoms with E-state index in [1.807, 2.05) is 0 Å². The van der Waals surface area contributed by atoms with Crippen LogP contribution < -0.4 is 103 Å². The molecule has 0 heterocycles. The second-order valence-electron chi connectivity index (χ2n) is 2.50. The molecule has 78 valence electrons. The van der Waals surface area contributed by atoms with Crippen LogP contribution in [0, 0.1) is 0 Å². The maximum absolute atomic E-state index is 10.4. The van der Waals surface area contributed by atoms with Crippen LogP contribution in [0.5, 0.6) is 11.5 Å². The monoisotopic (exact) mass is 278 g/mol. The zero-order valence-electron chi connectivity index (χ0n) is 10.8. The van der Waals surface area contributed by atoms with Gasteiger partial charge in [-0.3, -0.25) is 0 Å². The van der Waals surface area contributed by atoms with Crippen LogP contribution in [-0.2, 0) is 0 Å². The standard InChI is InChI=1S/C8H6O6.2K.2H/c9-5-1-3(7(11)12)6(10)2-4(5)8(13)14;;;;/h1-2,9-10H,(H,11,12)(H,13,14);;;;/q;2*+1;2*-1. The van der Waals surface area contributed by atoms with E-state index in [9.17, 15) is 9.59 Å². The minimum atomic E-state index is -1.45. The Kier molecular flexibility index (Phi) is 9.92. The number of aromatic carboxylic acids is 2. The summed E-state index contributed by atoms with van der Waals surface area (Å²) in [7, 11) is 0. The summed E-state index contributed by atoms with van der Waals surface area (Å²) in [6.45, 7) is 0. The van der Waals surface area contributed by atoms with E-state index in [2.05, 4.69) is 0 Å². The number of hydrogen-bond donors (Lipinski definition) is 4. The largest absolute Gasteiger partial charge is 1.00 e. The molecule has 6 nitrogen and oxygen atoms in total. The molecule has 16 heavy (non-hydrogen) atoms. The van der Waals surface area contributed by atoms with Gasteiger partial charge in [0.05, 0.1) is 0 Å². The van der Waals surface area contributed by atoms with Crippen molar-refractivity contribution in [2.24, 2.45) is 0 Å². The zero-order chi connectivity index (χ0) is 10.9. The van der Waals surface area contributed by atoms with Crippen molar-refractivity contribution in [1.29, 1.82) is 0 Å². The molecule has 0 saturated heterocycles. The molecule has 0 radical (unpaired) electrons. The molecule has 1 rings (SSSR count). The topological polar surface area (TPSA) is 115 Å². The normalized spacial score (nSPS) is 8.50. The van der Waals surface area contributed by atoms with Gasteiger partial charge in [-0.2, -0.15) is 0 Å². The molecule has 0 unspecified atom stereocenters. The van der Waals surface area contributed by atoms with Crippen LogP contribution in [-0.4, -0.2) is 32.4 Å². The first-order chi connectivity index (χ1) is 6.43. The summed E-state index contributed by atoms with van der Waals surface area (Å²) in [5.41, 5.74) is -1.10. The molecule has 0 aliphatic carbocycles. The smallest absolute Gasteiger partial charge is 1.00 e. The first kappa shape index (κ1) is 19.4. The fourth-order valence-corrected chi connectivity index (χ4v) is 0.919. The average molecular weight is 278 g/mol. The number of carboxylic acids is 2. The Morgan fingerprint density at radius 3 is 1.31 bits per heavy atom. The summed E-state index contributed by atoms with van der Waals surface area (Å²) in [4.78, 5) is 20.9. The molecule has 0 aromatic heterocycles. The van der Waals surface area contributed by atoms with Crippen LogP contribution in [0.2, 0.25) is 0 Å². The SMILES string of the molecule is O=C(O)c1cc(O)c(C(=O)O)cc1O.[H-].[H-].[K+].[K+]. The maximum atomic E-state index is 10.4. The first-order valence-electron chi connectivity index (χ1n) is 3.46. The fourth-order valence-electron chi connectivity index (χ4n) is 0.919. The van der Waals surface area contributed by atoms with Crippen molar-refractivity contribution in [3.63, 3.8) is 0 Å².